The molecule has 160 valence electrons. The summed E-state index contributed by atoms with van der Waals surface area (Å²) in [5.41, 5.74) is 8.37. The summed E-state index contributed by atoms with van der Waals surface area (Å²) in [6.07, 6.45) is 4.58. The minimum Gasteiger partial charge on any atom is -0.493 e. The Labute approximate surface area is 173 Å². The van der Waals surface area contributed by atoms with E-state index < -0.39 is 5.54 Å². The first-order valence-electron chi connectivity index (χ1n) is 10.1. The van der Waals surface area contributed by atoms with Gasteiger partial charge in [0.2, 0.25) is 0 Å². The van der Waals surface area contributed by atoms with Crippen molar-refractivity contribution in [2.75, 3.05) is 20.8 Å². The maximum atomic E-state index is 12.6. The summed E-state index contributed by atoms with van der Waals surface area (Å²) >= 11 is 0. The number of aliphatic hydroxyl groups is 1. The molecule has 0 bridgehead atoms. The normalized spacial score (nSPS) is 13.2. The zero-order chi connectivity index (χ0) is 21.4. The zero-order valence-corrected chi connectivity index (χ0v) is 18.0. The van der Waals surface area contributed by atoms with Gasteiger partial charge in [-0.25, -0.2) is 0 Å². The van der Waals surface area contributed by atoms with E-state index in [0.29, 0.717) is 12.8 Å². The van der Waals surface area contributed by atoms with Gasteiger partial charge in [-0.05, 0) is 68.9 Å². The van der Waals surface area contributed by atoms with Crippen LogP contribution in [-0.2, 0) is 19.9 Å². The second kappa shape index (κ2) is 10.5. The summed E-state index contributed by atoms with van der Waals surface area (Å²) in [6.45, 7) is 1.78. The van der Waals surface area contributed by atoms with Crippen LogP contribution in [0.15, 0.2) is 30.3 Å². The number of aryl methyl sites for hydroxylation is 2. The van der Waals surface area contributed by atoms with Gasteiger partial charge in [0.25, 0.3) is 0 Å². The Balaban J connectivity index is 1.84. The lowest BCUT2D eigenvalue weighted by Gasteiger charge is -2.21. The molecule has 1 unspecified atom stereocenters. The van der Waals surface area contributed by atoms with Gasteiger partial charge in [0.1, 0.15) is 0 Å². The van der Waals surface area contributed by atoms with Crippen molar-refractivity contribution in [1.82, 2.24) is 4.57 Å². The van der Waals surface area contributed by atoms with Crippen LogP contribution in [0.2, 0.25) is 0 Å². The van der Waals surface area contributed by atoms with Gasteiger partial charge in [0, 0.05) is 24.7 Å². The highest BCUT2D eigenvalue weighted by molar-refractivity contribution is 5.94. The van der Waals surface area contributed by atoms with Crippen LogP contribution in [0.3, 0.4) is 0 Å². The smallest absolute Gasteiger partial charge is 0.179 e. The molecule has 0 saturated heterocycles. The lowest BCUT2D eigenvalue weighted by Crippen LogP contribution is -2.40. The average molecular weight is 403 g/mol. The monoisotopic (exact) mass is 402 g/mol. The number of methoxy groups -OCH3 is 2. The van der Waals surface area contributed by atoms with Crippen LogP contribution in [0.1, 0.15) is 54.4 Å². The van der Waals surface area contributed by atoms with E-state index in [4.69, 9.17) is 15.2 Å². The van der Waals surface area contributed by atoms with E-state index in [1.54, 1.807) is 14.2 Å². The van der Waals surface area contributed by atoms with Gasteiger partial charge in [-0.1, -0.05) is 6.07 Å². The Kier molecular flexibility index (Phi) is 8.29. The Morgan fingerprint density at radius 2 is 1.83 bits per heavy atom. The summed E-state index contributed by atoms with van der Waals surface area (Å²) in [4.78, 5) is 12.6. The molecule has 0 aliphatic carbocycles. The van der Waals surface area contributed by atoms with E-state index in [1.165, 1.54) is 5.56 Å². The number of unbranched alkanes of at least 4 members (excludes halogenated alkanes) is 1. The summed E-state index contributed by atoms with van der Waals surface area (Å²) in [5.74, 6) is 1.61. The number of hydrogen-bond acceptors (Lipinski definition) is 5. The first kappa shape index (κ1) is 23.0. The molecular weight excluding hydrogens is 368 g/mol. The third-order valence-corrected chi connectivity index (χ3v) is 5.39. The quantitative estimate of drug-likeness (QED) is 0.420. The number of hydrogen-bond donors (Lipinski definition) is 2. The number of rotatable bonds is 12. The standard InChI is InChI=1S/C23H34N2O4/c1-23(24,16-26)14-13-18-10-11-19(25(18)2)20(27)8-6-5-7-17-9-12-21(28-3)22(15-17)29-4/h9-12,15,26H,5-8,13-14,16,24H2,1-4H3. The van der Waals surface area contributed by atoms with E-state index >= 15 is 0 Å². The molecule has 2 aromatic rings. The Morgan fingerprint density at radius 3 is 2.48 bits per heavy atom. The van der Waals surface area contributed by atoms with Crippen LogP contribution in [0, 0.1) is 0 Å². The van der Waals surface area contributed by atoms with Crippen molar-refractivity contribution in [3.63, 3.8) is 0 Å². The molecule has 0 amide bonds. The highest BCUT2D eigenvalue weighted by Crippen LogP contribution is 2.28. The van der Waals surface area contributed by atoms with Crippen molar-refractivity contribution in [2.24, 2.45) is 12.8 Å². The third kappa shape index (κ3) is 6.34. The fraction of sp³-hybridized carbons (Fsp3) is 0.522. The maximum absolute atomic E-state index is 12.6. The summed E-state index contributed by atoms with van der Waals surface area (Å²) in [6, 6.07) is 9.79. The molecule has 1 aromatic carbocycles. The number of ether oxygens (including phenoxy) is 2. The van der Waals surface area contributed by atoms with Gasteiger partial charge in [0.05, 0.1) is 26.5 Å². The molecule has 0 aliphatic rings. The van der Waals surface area contributed by atoms with Crippen molar-refractivity contribution in [2.45, 2.75) is 51.0 Å². The second-order valence-corrected chi connectivity index (χ2v) is 7.90. The summed E-state index contributed by atoms with van der Waals surface area (Å²) < 4.78 is 12.5. The fourth-order valence-corrected chi connectivity index (χ4v) is 3.36. The van der Waals surface area contributed by atoms with Crippen molar-refractivity contribution < 1.29 is 19.4 Å². The Hall–Kier alpha value is -2.31. The second-order valence-electron chi connectivity index (χ2n) is 7.90. The lowest BCUT2D eigenvalue weighted by atomic mass is 9.97. The van der Waals surface area contributed by atoms with Gasteiger partial charge in [-0.3, -0.25) is 4.79 Å². The number of carbonyl (C=O) groups is 1. The molecule has 0 radical (unpaired) electrons. The van der Waals surface area contributed by atoms with E-state index in [1.807, 2.05) is 48.9 Å². The first-order chi connectivity index (χ1) is 13.8. The topological polar surface area (TPSA) is 86.7 Å². The van der Waals surface area contributed by atoms with Crippen molar-refractivity contribution >= 4 is 5.78 Å². The lowest BCUT2D eigenvalue weighted by molar-refractivity contribution is 0.0971. The van der Waals surface area contributed by atoms with Crippen LogP contribution in [0.5, 0.6) is 11.5 Å². The molecule has 29 heavy (non-hydrogen) atoms. The first-order valence-corrected chi connectivity index (χ1v) is 10.1. The number of aromatic nitrogens is 1. The summed E-state index contributed by atoms with van der Waals surface area (Å²) in [5, 5.41) is 9.29. The van der Waals surface area contributed by atoms with Gasteiger partial charge in [0.15, 0.2) is 17.3 Å². The minimum absolute atomic E-state index is 0.0523. The van der Waals surface area contributed by atoms with Crippen LogP contribution < -0.4 is 15.2 Å². The third-order valence-electron chi connectivity index (χ3n) is 5.39. The van der Waals surface area contributed by atoms with E-state index in [-0.39, 0.29) is 12.4 Å². The van der Waals surface area contributed by atoms with Gasteiger partial charge in [-0.15, -0.1) is 0 Å². The van der Waals surface area contributed by atoms with Crippen LogP contribution in [0.25, 0.3) is 0 Å². The zero-order valence-electron chi connectivity index (χ0n) is 18.0. The number of carbonyl (C=O) groups excluding carboxylic acids is 1. The molecule has 0 saturated carbocycles. The molecule has 0 aliphatic heterocycles. The summed E-state index contributed by atoms with van der Waals surface area (Å²) in [7, 11) is 5.17. The van der Waals surface area contributed by atoms with Crippen LogP contribution >= 0.6 is 0 Å². The van der Waals surface area contributed by atoms with Crippen LogP contribution in [0.4, 0.5) is 0 Å². The minimum atomic E-state index is -0.599. The number of ketones is 1. The van der Waals surface area contributed by atoms with Crippen molar-refractivity contribution in [1.29, 1.82) is 0 Å². The Bertz CT molecular complexity index is 811. The van der Waals surface area contributed by atoms with Crippen molar-refractivity contribution in [3.05, 3.63) is 47.3 Å². The number of nitrogens with zero attached hydrogens (tertiary/aromatic N) is 1. The van der Waals surface area contributed by atoms with Gasteiger partial charge in [-0.2, -0.15) is 0 Å². The molecule has 0 spiro atoms. The van der Waals surface area contributed by atoms with E-state index in [0.717, 1.165) is 48.6 Å². The average Bonchev–Trinajstić information content (AvgIpc) is 3.09. The molecule has 0 fully saturated rings. The van der Waals surface area contributed by atoms with E-state index in [2.05, 4.69) is 0 Å². The highest BCUT2D eigenvalue weighted by Gasteiger charge is 2.19. The predicted octanol–water partition coefficient (Wildman–Crippen LogP) is 3.28. The fourth-order valence-electron chi connectivity index (χ4n) is 3.36. The van der Waals surface area contributed by atoms with Gasteiger partial charge < -0.3 is 24.9 Å². The van der Waals surface area contributed by atoms with E-state index in [9.17, 15) is 9.90 Å². The van der Waals surface area contributed by atoms with Crippen LogP contribution in [-0.4, -0.2) is 41.8 Å². The Morgan fingerprint density at radius 1 is 1.10 bits per heavy atom. The molecule has 3 N–H and O–H groups in total. The number of aliphatic hydroxyl groups excluding tert-OH is 1. The maximum Gasteiger partial charge on any atom is 0.179 e. The molecular formula is C23H34N2O4. The number of nitrogens with two attached hydrogens (primary N) is 1. The number of Topliss-reactive ketones (excluding diaryl/α,β-unsaturated/α-hetero) is 1. The van der Waals surface area contributed by atoms with Gasteiger partial charge >= 0.3 is 0 Å². The SMILES string of the molecule is COc1ccc(CCCCC(=O)c2ccc(CCC(C)(N)CO)n2C)cc1OC. The molecule has 2 rings (SSSR count). The number of benzene rings is 1. The molecule has 6 heteroatoms. The largest absolute Gasteiger partial charge is 0.493 e. The predicted molar refractivity (Wildman–Crippen MR) is 115 cm³/mol. The highest BCUT2D eigenvalue weighted by atomic mass is 16.5. The van der Waals surface area contributed by atoms with Crippen molar-refractivity contribution in [3.8, 4) is 11.5 Å². The molecule has 1 heterocycles. The molecule has 1 aromatic heterocycles. The molecule has 1 atom stereocenters. The molecule has 6 nitrogen and oxygen atoms in total.